The van der Waals surface area contributed by atoms with Crippen LogP contribution in [0.5, 0.6) is 0 Å². The molecular formula is C13H23N5O. The summed E-state index contributed by atoms with van der Waals surface area (Å²) < 4.78 is 1.66. The second kappa shape index (κ2) is 5.71. The summed E-state index contributed by atoms with van der Waals surface area (Å²) in [6, 6.07) is 2.23. The molecule has 6 heteroatoms. The summed E-state index contributed by atoms with van der Waals surface area (Å²) in [5.41, 5.74) is 7.22. The van der Waals surface area contributed by atoms with E-state index in [2.05, 4.69) is 16.9 Å². The van der Waals surface area contributed by atoms with Crippen molar-refractivity contribution in [3.63, 3.8) is 0 Å². The number of carbonyl (C=O) groups is 1. The van der Waals surface area contributed by atoms with Gasteiger partial charge in [-0.1, -0.05) is 0 Å². The zero-order valence-electron chi connectivity index (χ0n) is 12.0. The Labute approximate surface area is 114 Å². The van der Waals surface area contributed by atoms with Crippen LogP contribution in [0.1, 0.15) is 23.1 Å². The van der Waals surface area contributed by atoms with Crippen LogP contribution in [0, 0.1) is 6.92 Å². The zero-order chi connectivity index (χ0) is 14.0. The lowest BCUT2D eigenvalue weighted by Crippen LogP contribution is -2.53. The van der Waals surface area contributed by atoms with E-state index in [4.69, 9.17) is 5.73 Å². The van der Waals surface area contributed by atoms with Crippen LogP contribution in [-0.2, 0) is 7.05 Å². The standard InChI is InChI=1S/C13H23N5O/c1-10-8-12(16(3)15-10)13(19)18-6-4-17(5-7-18)11(2)9-14/h8,11H,4-7,9,14H2,1-3H3. The number of carbonyl (C=O) groups excluding carboxylic acids is 1. The smallest absolute Gasteiger partial charge is 0.272 e. The Kier molecular flexibility index (Phi) is 4.21. The normalized spacial score (nSPS) is 18.6. The van der Waals surface area contributed by atoms with Crippen molar-refractivity contribution in [3.8, 4) is 0 Å². The van der Waals surface area contributed by atoms with Crippen LogP contribution in [0.2, 0.25) is 0 Å². The number of rotatable bonds is 3. The van der Waals surface area contributed by atoms with Crippen LogP contribution in [0.4, 0.5) is 0 Å². The number of amides is 1. The van der Waals surface area contributed by atoms with Crippen molar-refractivity contribution in [3.05, 3.63) is 17.5 Å². The molecule has 0 spiro atoms. The molecule has 1 atom stereocenters. The molecule has 1 fully saturated rings. The predicted octanol–water partition coefficient (Wildman–Crippen LogP) is -0.166. The van der Waals surface area contributed by atoms with Gasteiger partial charge in [-0.05, 0) is 19.9 Å². The van der Waals surface area contributed by atoms with E-state index in [1.807, 2.05) is 24.9 Å². The van der Waals surface area contributed by atoms with E-state index < -0.39 is 0 Å². The fourth-order valence-electron chi connectivity index (χ4n) is 2.49. The molecule has 2 N–H and O–H groups in total. The lowest BCUT2D eigenvalue weighted by Gasteiger charge is -2.37. The van der Waals surface area contributed by atoms with Gasteiger partial charge in [-0.3, -0.25) is 14.4 Å². The third kappa shape index (κ3) is 2.96. The maximum Gasteiger partial charge on any atom is 0.272 e. The minimum absolute atomic E-state index is 0.0724. The van der Waals surface area contributed by atoms with Gasteiger partial charge in [-0.2, -0.15) is 5.10 Å². The van der Waals surface area contributed by atoms with E-state index in [1.165, 1.54) is 0 Å². The Morgan fingerprint density at radius 2 is 2.05 bits per heavy atom. The molecule has 2 rings (SSSR count). The highest BCUT2D eigenvalue weighted by molar-refractivity contribution is 5.92. The van der Waals surface area contributed by atoms with Crippen molar-refractivity contribution in [2.75, 3.05) is 32.7 Å². The van der Waals surface area contributed by atoms with Gasteiger partial charge >= 0.3 is 0 Å². The maximum atomic E-state index is 12.4. The van der Waals surface area contributed by atoms with E-state index in [9.17, 15) is 4.79 Å². The van der Waals surface area contributed by atoms with Crippen molar-refractivity contribution >= 4 is 5.91 Å². The first-order valence-electron chi connectivity index (χ1n) is 6.77. The van der Waals surface area contributed by atoms with Gasteiger partial charge in [0.1, 0.15) is 5.69 Å². The van der Waals surface area contributed by atoms with Gasteiger partial charge in [-0.25, -0.2) is 0 Å². The summed E-state index contributed by atoms with van der Waals surface area (Å²) in [7, 11) is 1.81. The Morgan fingerprint density at radius 3 is 2.53 bits per heavy atom. The second-order valence-electron chi connectivity index (χ2n) is 5.21. The van der Waals surface area contributed by atoms with E-state index >= 15 is 0 Å². The molecule has 0 aliphatic carbocycles. The van der Waals surface area contributed by atoms with Crippen molar-refractivity contribution < 1.29 is 4.79 Å². The summed E-state index contributed by atoms with van der Waals surface area (Å²) in [4.78, 5) is 16.6. The van der Waals surface area contributed by atoms with Gasteiger partial charge in [0, 0.05) is 45.8 Å². The summed E-state index contributed by atoms with van der Waals surface area (Å²) >= 11 is 0. The lowest BCUT2D eigenvalue weighted by atomic mass is 10.2. The number of aromatic nitrogens is 2. The van der Waals surface area contributed by atoms with Crippen LogP contribution in [-0.4, -0.2) is 64.3 Å². The molecule has 0 radical (unpaired) electrons. The highest BCUT2D eigenvalue weighted by Crippen LogP contribution is 2.11. The summed E-state index contributed by atoms with van der Waals surface area (Å²) in [6.07, 6.45) is 0. The van der Waals surface area contributed by atoms with E-state index in [0.717, 1.165) is 31.9 Å². The first kappa shape index (κ1) is 14.0. The van der Waals surface area contributed by atoms with E-state index in [1.54, 1.807) is 4.68 Å². The van der Waals surface area contributed by atoms with Crippen LogP contribution >= 0.6 is 0 Å². The molecular weight excluding hydrogens is 242 g/mol. The van der Waals surface area contributed by atoms with E-state index in [-0.39, 0.29) is 5.91 Å². The molecule has 1 saturated heterocycles. The molecule has 19 heavy (non-hydrogen) atoms. The molecule has 1 aliphatic rings. The molecule has 0 aromatic carbocycles. The predicted molar refractivity (Wildman–Crippen MR) is 73.9 cm³/mol. The number of hydrogen-bond acceptors (Lipinski definition) is 4. The monoisotopic (exact) mass is 265 g/mol. The van der Waals surface area contributed by atoms with Gasteiger partial charge in [0.15, 0.2) is 0 Å². The number of nitrogens with two attached hydrogens (primary N) is 1. The SMILES string of the molecule is Cc1cc(C(=O)N2CCN(C(C)CN)CC2)n(C)n1. The van der Waals surface area contributed by atoms with Crippen molar-refractivity contribution in [2.45, 2.75) is 19.9 Å². The maximum absolute atomic E-state index is 12.4. The third-order valence-electron chi connectivity index (χ3n) is 3.79. The van der Waals surface area contributed by atoms with Crippen molar-refractivity contribution in [1.82, 2.24) is 19.6 Å². The second-order valence-corrected chi connectivity index (χ2v) is 5.21. The third-order valence-corrected chi connectivity index (χ3v) is 3.79. The van der Waals surface area contributed by atoms with Gasteiger partial charge in [0.25, 0.3) is 5.91 Å². The Balaban J connectivity index is 1.98. The average molecular weight is 265 g/mol. The number of hydrogen-bond donors (Lipinski definition) is 1. The molecule has 106 valence electrons. The quantitative estimate of drug-likeness (QED) is 0.824. The Bertz CT molecular complexity index is 448. The fourth-order valence-corrected chi connectivity index (χ4v) is 2.49. The van der Waals surface area contributed by atoms with Crippen molar-refractivity contribution in [1.29, 1.82) is 0 Å². The molecule has 1 aromatic heterocycles. The van der Waals surface area contributed by atoms with Crippen LogP contribution < -0.4 is 5.73 Å². The zero-order valence-corrected chi connectivity index (χ0v) is 12.0. The molecule has 2 heterocycles. The number of aryl methyl sites for hydroxylation is 2. The molecule has 1 aliphatic heterocycles. The minimum Gasteiger partial charge on any atom is -0.335 e. The molecule has 1 unspecified atom stereocenters. The number of nitrogens with zero attached hydrogens (tertiary/aromatic N) is 4. The van der Waals surface area contributed by atoms with Gasteiger partial charge in [0.2, 0.25) is 0 Å². The van der Waals surface area contributed by atoms with Gasteiger partial charge in [0.05, 0.1) is 5.69 Å². The molecule has 0 bridgehead atoms. The largest absolute Gasteiger partial charge is 0.335 e. The van der Waals surface area contributed by atoms with Gasteiger partial charge in [-0.15, -0.1) is 0 Å². The Morgan fingerprint density at radius 1 is 1.42 bits per heavy atom. The van der Waals surface area contributed by atoms with Gasteiger partial charge < -0.3 is 10.6 Å². The number of piperazine rings is 1. The lowest BCUT2D eigenvalue weighted by molar-refractivity contribution is 0.0579. The Hall–Kier alpha value is -1.40. The molecule has 6 nitrogen and oxygen atoms in total. The summed E-state index contributed by atoms with van der Waals surface area (Å²) in [5, 5.41) is 4.23. The summed E-state index contributed by atoms with van der Waals surface area (Å²) in [5.74, 6) is 0.0724. The summed E-state index contributed by atoms with van der Waals surface area (Å²) in [6.45, 7) is 7.98. The van der Waals surface area contributed by atoms with Crippen LogP contribution in [0.15, 0.2) is 6.07 Å². The molecule has 1 amide bonds. The van der Waals surface area contributed by atoms with Crippen molar-refractivity contribution in [2.24, 2.45) is 12.8 Å². The van der Waals surface area contributed by atoms with Crippen LogP contribution in [0.25, 0.3) is 0 Å². The minimum atomic E-state index is 0.0724. The highest BCUT2D eigenvalue weighted by atomic mass is 16.2. The fraction of sp³-hybridized carbons (Fsp3) is 0.692. The molecule has 0 saturated carbocycles. The van der Waals surface area contributed by atoms with Crippen LogP contribution in [0.3, 0.4) is 0 Å². The van der Waals surface area contributed by atoms with E-state index in [0.29, 0.717) is 18.3 Å². The topological polar surface area (TPSA) is 67.4 Å². The molecule has 1 aromatic rings. The first-order chi connectivity index (χ1) is 9.02. The first-order valence-corrected chi connectivity index (χ1v) is 6.77. The highest BCUT2D eigenvalue weighted by Gasteiger charge is 2.25. The average Bonchev–Trinajstić information content (AvgIpc) is 2.76.